The molecule has 1 aromatic heterocycles. The first-order chi connectivity index (χ1) is 17.3. The molecule has 9 heteroatoms. The van der Waals surface area contributed by atoms with Crippen molar-refractivity contribution in [3.8, 4) is 0 Å². The van der Waals surface area contributed by atoms with Crippen molar-refractivity contribution in [2.75, 3.05) is 0 Å². The summed E-state index contributed by atoms with van der Waals surface area (Å²) in [5.41, 5.74) is -0.334. The van der Waals surface area contributed by atoms with Crippen LogP contribution in [0.4, 0.5) is 8.78 Å². The van der Waals surface area contributed by atoms with Crippen LogP contribution < -0.4 is 5.63 Å². The van der Waals surface area contributed by atoms with Crippen molar-refractivity contribution in [3.63, 3.8) is 0 Å². The van der Waals surface area contributed by atoms with Gasteiger partial charge in [-0.05, 0) is 64.9 Å². The minimum absolute atomic E-state index is 0.234. The minimum atomic E-state index is -4.77. The molecule has 1 heterocycles. The van der Waals surface area contributed by atoms with E-state index in [0.717, 1.165) is 12.1 Å². The summed E-state index contributed by atoms with van der Waals surface area (Å²) in [7, 11) is -7.85. The van der Waals surface area contributed by atoms with E-state index in [1.54, 1.807) is 84.9 Å². The molecular weight excluding hydrogens is 506 g/mol. The Morgan fingerprint density at radius 2 is 1.28 bits per heavy atom. The van der Waals surface area contributed by atoms with Gasteiger partial charge in [0.2, 0.25) is 0 Å². The highest BCUT2D eigenvalue weighted by molar-refractivity contribution is 8.33. The summed E-state index contributed by atoms with van der Waals surface area (Å²) < 4.78 is 66.8. The highest BCUT2D eigenvalue weighted by atomic mass is 32.3. The second-order valence-corrected chi connectivity index (χ2v) is 12.2. The number of hydrogen-bond donors (Lipinski definition) is 0. The van der Waals surface area contributed by atoms with Crippen molar-refractivity contribution in [2.24, 2.45) is 0 Å². The lowest BCUT2D eigenvalue weighted by atomic mass is 10.2. The van der Waals surface area contributed by atoms with E-state index in [0.29, 0.717) is 26.1 Å². The molecule has 0 aliphatic carbocycles. The second kappa shape index (κ2) is 9.34. The van der Waals surface area contributed by atoms with Crippen LogP contribution in [-0.4, -0.2) is 8.42 Å². The zero-order valence-corrected chi connectivity index (χ0v) is 20.1. The lowest BCUT2D eigenvalue weighted by molar-refractivity contribution is 0.493. The van der Waals surface area contributed by atoms with E-state index >= 15 is 0 Å². The third-order valence-corrected chi connectivity index (χ3v) is 10.6. The zero-order chi connectivity index (χ0) is 25.3. The number of halogens is 2. The van der Waals surface area contributed by atoms with Crippen LogP contribution in [0.2, 0.25) is 0 Å². The molecule has 0 atom stereocenters. The van der Waals surface area contributed by atoms with Gasteiger partial charge >= 0.3 is 15.7 Å². The van der Waals surface area contributed by atoms with Gasteiger partial charge in [-0.1, -0.05) is 42.5 Å². The number of rotatable bonds is 6. The van der Waals surface area contributed by atoms with Crippen LogP contribution in [0.25, 0.3) is 11.0 Å². The zero-order valence-electron chi connectivity index (χ0n) is 18.5. The molecule has 0 aliphatic rings. The van der Waals surface area contributed by atoms with Crippen LogP contribution >= 0.6 is 10.3 Å². The Kier molecular flexibility index (Phi) is 6.21. The number of fused-ring (bicyclic) bond motifs is 1. The molecular formula is C27H18F2O5S2. The van der Waals surface area contributed by atoms with Crippen LogP contribution in [0, 0.1) is 11.6 Å². The molecule has 0 bridgehead atoms. The number of hydrogen-bond acceptors (Lipinski definition) is 5. The molecule has 5 rings (SSSR count). The fourth-order valence-corrected chi connectivity index (χ4v) is 9.09. The monoisotopic (exact) mass is 524 g/mol. The first-order valence-electron chi connectivity index (χ1n) is 10.7. The standard InChI is InChI=1S/C27H18F2O5S2/c28-20-13-15-26(24(29)17-20)36(31,32)34-35(21-7-3-1-4-8-21,22-9-5-2-6-10-22)23-14-11-19-12-16-27(30)33-25(19)18-23/h1-18H. The van der Waals surface area contributed by atoms with Crippen molar-refractivity contribution in [2.45, 2.75) is 19.6 Å². The van der Waals surface area contributed by atoms with Gasteiger partial charge in [0, 0.05) is 32.2 Å². The molecule has 0 fully saturated rings. The molecule has 4 aromatic carbocycles. The molecule has 0 amide bonds. The predicted molar refractivity (Wildman–Crippen MR) is 132 cm³/mol. The van der Waals surface area contributed by atoms with Crippen LogP contribution in [0.5, 0.6) is 0 Å². The van der Waals surface area contributed by atoms with Gasteiger partial charge in [-0.3, -0.25) is 0 Å². The molecule has 5 aromatic rings. The summed E-state index contributed by atoms with van der Waals surface area (Å²) in [5, 5.41) is 0.625. The van der Waals surface area contributed by atoms with E-state index in [1.165, 1.54) is 6.07 Å². The Bertz CT molecular complexity index is 1680. The van der Waals surface area contributed by atoms with E-state index in [4.69, 9.17) is 8.05 Å². The van der Waals surface area contributed by atoms with Crippen LogP contribution in [0.3, 0.4) is 0 Å². The lowest BCUT2D eigenvalue weighted by Gasteiger charge is -2.39. The van der Waals surface area contributed by atoms with Crippen molar-refractivity contribution in [1.82, 2.24) is 0 Å². The molecule has 0 saturated heterocycles. The Labute approximate surface area is 207 Å². The van der Waals surface area contributed by atoms with Crippen molar-refractivity contribution >= 4 is 31.4 Å². The lowest BCUT2D eigenvalue weighted by Crippen LogP contribution is -2.15. The average molecular weight is 525 g/mol. The molecule has 0 radical (unpaired) electrons. The molecule has 182 valence electrons. The van der Waals surface area contributed by atoms with Gasteiger partial charge in [-0.2, -0.15) is 8.42 Å². The molecule has 36 heavy (non-hydrogen) atoms. The highest BCUT2D eigenvalue weighted by Crippen LogP contribution is 2.70. The van der Waals surface area contributed by atoms with Gasteiger partial charge < -0.3 is 4.42 Å². The minimum Gasteiger partial charge on any atom is -0.423 e. The second-order valence-electron chi connectivity index (χ2n) is 7.73. The SMILES string of the molecule is O=c1ccc2ccc(S(OS(=O)(=O)c3ccc(F)cc3F)(c3ccccc3)c3ccccc3)cc2o1. The summed E-state index contributed by atoms with van der Waals surface area (Å²) in [6, 6.07) is 27.3. The van der Waals surface area contributed by atoms with Gasteiger partial charge in [0.15, 0.2) is 0 Å². The van der Waals surface area contributed by atoms with E-state index in [-0.39, 0.29) is 5.58 Å². The van der Waals surface area contributed by atoms with Gasteiger partial charge in [-0.25, -0.2) is 17.2 Å². The average Bonchev–Trinajstić information content (AvgIpc) is 2.87. The summed E-state index contributed by atoms with van der Waals surface area (Å²) in [4.78, 5) is 12.5. The van der Waals surface area contributed by atoms with E-state index in [2.05, 4.69) is 0 Å². The van der Waals surface area contributed by atoms with E-state index in [1.807, 2.05) is 0 Å². The van der Waals surface area contributed by atoms with Crippen LogP contribution in [-0.2, 0) is 13.7 Å². The van der Waals surface area contributed by atoms with E-state index < -0.39 is 42.6 Å². The van der Waals surface area contributed by atoms with Crippen molar-refractivity contribution in [3.05, 3.63) is 131 Å². The van der Waals surface area contributed by atoms with Crippen molar-refractivity contribution in [1.29, 1.82) is 0 Å². The number of benzene rings is 4. The van der Waals surface area contributed by atoms with Crippen LogP contribution in [0.15, 0.2) is 138 Å². The van der Waals surface area contributed by atoms with Crippen LogP contribution in [0.1, 0.15) is 0 Å². The summed E-state index contributed by atoms with van der Waals surface area (Å²) in [6.07, 6.45) is 0. The Hall–Kier alpha value is -3.79. The van der Waals surface area contributed by atoms with Gasteiger partial charge in [0.05, 0.1) is 0 Å². The fourth-order valence-electron chi connectivity index (χ4n) is 3.82. The summed E-state index contributed by atoms with van der Waals surface area (Å²) in [6.45, 7) is 0. The Balaban J connectivity index is 1.84. The van der Waals surface area contributed by atoms with Crippen molar-refractivity contribution < 1.29 is 25.2 Å². The third-order valence-electron chi connectivity index (χ3n) is 5.43. The largest absolute Gasteiger partial charge is 0.423 e. The van der Waals surface area contributed by atoms with Gasteiger partial charge in [0.25, 0.3) is 0 Å². The maximum Gasteiger partial charge on any atom is 0.336 e. The maximum atomic E-state index is 14.6. The smallest absolute Gasteiger partial charge is 0.336 e. The molecule has 5 nitrogen and oxygen atoms in total. The quantitative estimate of drug-likeness (QED) is 0.232. The topological polar surface area (TPSA) is 73.6 Å². The van der Waals surface area contributed by atoms with E-state index in [9.17, 15) is 22.0 Å². The predicted octanol–water partition coefficient (Wildman–Crippen LogP) is 6.67. The van der Waals surface area contributed by atoms with Gasteiger partial charge in [-0.15, -0.1) is 0 Å². The molecule has 0 unspecified atom stereocenters. The Morgan fingerprint density at radius 1 is 0.667 bits per heavy atom. The first-order valence-corrected chi connectivity index (χ1v) is 13.6. The molecule has 0 saturated carbocycles. The summed E-state index contributed by atoms with van der Waals surface area (Å²) in [5.74, 6) is -2.19. The molecule has 0 N–H and O–H groups in total. The normalized spacial score (nSPS) is 12.5. The summed E-state index contributed by atoms with van der Waals surface area (Å²) >= 11 is 0. The first kappa shape index (κ1) is 23.9. The van der Waals surface area contributed by atoms with Gasteiger partial charge in [0.1, 0.15) is 22.1 Å². The maximum absolute atomic E-state index is 14.6. The molecule has 0 aliphatic heterocycles. The Morgan fingerprint density at radius 3 is 1.89 bits per heavy atom. The molecule has 0 spiro atoms. The fraction of sp³-hybridized carbons (Fsp3) is 0. The highest BCUT2D eigenvalue weighted by Gasteiger charge is 2.39. The third kappa shape index (κ3) is 4.32.